The van der Waals surface area contributed by atoms with Gasteiger partial charge in [-0.15, -0.1) is 0 Å². The Kier molecular flexibility index (Phi) is 4.65. The number of anilines is 1. The fourth-order valence-electron chi connectivity index (χ4n) is 2.64. The summed E-state index contributed by atoms with van der Waals surface area (Å²) in [4.78, 5) is 2.53. The molecule has 0 spiro atoms. The van der Waals surface area contributed by atoms with Crippen LogP contribution in [-0.4, -0.2) is 26.2 Å². The summed E-state index contributed by atoms with van der Waals surface area (Å²) in [6.07, 6.45) is 2.55. The molecule has 1 unspecified atom stereocenters. The number of rotatable bonds is 5. The van der Waals surface area contributed by atoms with E-state index in [9.17, 15) is 0 Å². The van der Waals surface area contributed by atoms with Crippen molar-refractivity contribution in [2.45, 2.75) is 33.6 Å². The first-order valence-corrected chi connectivity index (χ1v) is 7.23. The van der Waals surface area contributed by atoms with Crippen molar-refractivity contribution in [2.75, 3.05) is 31.1 Å². The second-order valence-electron chi connectivity index (χ2n) is 5.57. The fourth-order valence-corrected chi connectivity index (χ4v) is 2.64. The lowest BCUT2D eigenvalue weighted by Crippen LogP contribution is -2.26. The van der Waals surface area contributed by atoms with E-state index in [0.717, 1.165) is 12.5 Å². The first-order chi connectivity index (χ1) is 8.70. The van der Waals surface area contributed by atoms with Crippen molar-refractivity contribution in [3.05, 3.63) is 29.3 Å². The molecule has 100 valence electrons. The zero-order valence-corrected chi connectivity index (χ0v) is 12.0. The molecule has 2 rings (SSSR count). The number of benzene rings is 1. The van der Waals surface area contributed by atoms with Crippen molar-refractivity contribution < 1.29 is 0 Å². The van der Waals surface area contributed by atoms with Gasteiger partial charge in [-0.1, -0.05) is 13.0 Å². The van der Waals surface area contributed by atoms with Crippen LogP contribution in [-0.2, 0) is 0 Å². The molecule has 1 fully saturated rings. The smallest absolute Gasteiger partial charge is 0.0369 e. The van der Waals surface area contributed by atoms with Crippen molar-refractivity contribution in [3.63, 3.8) is 0 Å². The Labute approximate surface area is 111 Å². The number of hydrogen-bond donors (Lipinski definition) is 1. The molecule has 1 aromatic rings. The van der Waals surface area contributed by atoms with Crippen molar-refractivity contribution in [2.24, 2.45) is 5.92 Å². The summed E-state index contributed by atoms with van der Waals surface area (Å²) in [5.74, 6) is 0.818. The highest BCUT2D eigenvalue weighted by atomic mass is 15.2. The molecule has 1 N–H and O–H groups in total. The zero-order chi connectivity index (χ0) is 13.0. The highest BCUT2D eigenvalue weighted by molar-refractivity contribution is 5.51. The Morgan fingerprint density at radius 1 is 1.28 bits per heavy atom. The SMILES string of the molecule is CCCNCC1CCN(c2ccc(C)c(C)c2)C1. The molecule has 0 amide bonds. The Hall–Kier alpha value is -1.02. The molecule has 2 nitrogen and oxygen atoms in total. The molecule has 0 aliphatic carbocycles. The summed E-state index contributed by atoms with van der Waals surface area (Å²) in [6.45, 7) is 11.4. The minimum absolute atomic E-state index is 0.818. The van der Waals surface area contributed by atoms with Crippen molar-refractivity contribution in [1.82, 2.24) is 5.32 Å². The van der Waals surface area contributed by atoms with Crippen molar-refractivity contribution in [1.29, 1.82) is 0 Å². The third kappa shape index (κ3) is 3.26. The molecule has 1 aliphatic rings. The van der Waals surface area contributed by atoms with Crippen molar-refractivity contribution >= 4 is 5.69 Å². The highest BCUT2D eigenvalue weighted by Gasteiger charge is 2.22. The van der Waals surface area contributed by atoms with Crippen molar-refractivity contribution in [3.8, 4) is 0 Å². The van der Waals surface area contributed by atoms with Crippen LogP contribution in [0.4, 0.5) is 5.69 Å². The van der Waals surface area contributed by atoms with Crippen LogP contribution in [0.3, 0.4) is 0 Å². The van der Waals surface area contributed by atoms with Gasteiger partial charge in [0.25, 0.3) is 0 Å². The van der Waals surface area contributed by atoms with Crippen LogP contribution < -0.4 is 10.2 Å². The summed E-state index contributed by atoms with van der Waals surface area (Å²) < 4.78 is 0. The molecule has 0 saturated carbocycles. The monoisotopic (exact) mass is 246 g/mol. The number of nitrogens with one attached hydrogen (secondary N) is 1. The van der Waals surface area contributed by atoms with Crippen LogP contribution in [0.5, 0.6) is 0 Å². The Morgan fingerprint density at radius 3 is 2.83 bits per heavy atom. The molecular weight excluding hydrogens is 220 g/mol. The van der Waals surface area contributed by atoms with Crippen LogP contribution in [0.1, 0.15) is 30.9 Å². The second kappa shape index (κ2) is 6.24. The molecule has 1 heterocycles. The van der Waals surface area contributed by atoms with Gasteiger partial charge in [0.1, 0.15) is 0 Å². The highest BCUT2D eigenvalue weighted by Crippen LogP contribution is 2.25. The first kappa shape index (κ1) is 13.4. The third-order valence-corrected chi connectivity index (χ3v) is 4.00. The number of hydrogen-bond acceptors (Lipinski definition) is 2. The summed E-state index contributed by atoms with van der Waals surface area (Å²) in [7, 11) is 0. The van der Waals surface area contributed by atoms with Gasteiger partial charge in [0, 0.05) is 18.8 Å². The molecular formula is C16H26N2. The van der Waals surface area contributed by atoms with E-state index in [0.29, 0.717) is 0 Å². The normalized spacial score (nSPS) is 19.5. The maximum atomic E-state index is 3.54. The summed E-state index contributed by atoms with van der Waals surface area (Å²) in [5, 5.41) is 3.54. The number of aryl methyl sites for hydroxylation is 2. The van der Waals surface area contributed by atoms with Gasteiger partial charge in [0.2, 0.25) is 0 Å². The minimum Gasteiger partial charge on any atom is -0.371 e. The molecule has 18 heavy (non-hydrogen) atoms. The Bertz CT molecular complexity index is 387. The van der Waals surface area contributed by atoms with Gasteiger partial charge in [0.15, 0.2) is 0 Å². The molecule has 1 aliphatic heterocycles. The van der Waals surface area contributed by atoms with Gasteiger partial charge in [0.05, 0.1) is 0 Å². The average Bonchev–Trinajstić information content (AvgIpc) is 2.82. The van der Waals surface area contributed by atoms with E-state index in [-0.39, 0.29) is 0 Å². The van der Waals surface area contributed by atoms with Gasteiger partial charge in [-0.25, -0.2) is 0 Å². The molecule has 0 radical (unpaired) electrons. The van der Waals surface area contributed by atoms with Crippen LogP contribution in [0, 0.1) is 19.8 Å². The van der Waals surface area contributed by atoms with Gasteiger partial charge >= 0.3 is 0 Å². The van der Waals surface area contributed by atoms with E-state index in [4.69, 9.17) is 0 Å². The fraction of sp³-hybridized carbons (Fsp3) is 0.625. The quantitative estimate of drug-likeness (QED) is 0.803. The molecule has 0 aromatic heterocycles. The van der Waals surface area contributed by atoms with Gasteiger partial charge in [-0.05, 0) is 69.0 Å². The molecule has 1 saturated heterocycles. The Morgan fingerprint density at radius 2 is 2.11 bits per heavy atom. The van der Waals surface area contributed by atoms with E-state index >= 15 is 0 Å². The lowest BCUT2D eigenvalue weighted by Gasteiger charge is -2.20. The van der Waals surface area contributed by atoms with Crippen LogP contribution in [0.25, 0.3) is 0 Å². The summed E-state index contributed by atoms with van der Waals surface area (Å²) in [6, 6.07) is 6.84. The third-order valence-electron chi connectivity index (χ3n) is 4.00. The lowest BCUT2D eigenvalue weighted by atomic mass is 10.1. The lowest BCUT2D eigenvalue weighted by molar-refractivity contribution is 0.516. The van der Waals surface area contributed by atoms with E-state index in [1.54, 1.807) is 0 Å². The number of nitrogens with zero attached hydrogens (tertiary/aromatic N) is 1. The van der Waals surface area contributed by atoms with Crippen LogP contribution >= 0.6 is 0 Å². The van der Waals surface area contributed by atoms with Gasteiger partial charge < -0.3 is 10.2 Å². The average molecular weight is 246 g/mol. The van der Waals surface area contributed by atoms with E-state index in [2.05, 4.69) is 49.2 Å². The van der Waals surface area contributed by atoms with E-state index in [1.807, 2.05) is 0 Å². The largest absolute Gasteiger partial charge is 0.371 e. The standard InChI is InChI=1S/C16H26N2/c1-4-8-17-11-15-7-9-18(12-15)16-6-5-13(2)14(3)10-16/h5-6,10,15,17H,4,7-9,11-12H2,1-3H3. The summed E-state index contributed by atoms with van der Waals surface area (Å²) >= 11 is 0. The van der Waals surface area contributed by atoms with Gasteiger partial charge in [-0.2, -0.15) is 0 Å². The predicted molar refractivity (Wildman–Crippen MR) is 79.4 cm³/mol. The van der Waals surface area contributed by atoms with E-state index in [1.165, 1.54) is 49.3 Å². The molecule has 2 heteroatoms. The second-order valence-corrected chi connectivity index (χ2v) is 5.57. The van der Waals surface area contributed by atoms with Crippen LogP contribution in [0.15, 0.2) is 18.2 Å². The molecule has 1 aromatic carbocycles. The maximum Gasteiger partial charge on any atom is 0.0369 e. The van der Waals surface area contributed by atoms with E-state index < -0.39 is 0 Å². The first-order valence-electron chi connectivity index (χ1n) is 7.23. The van der Waals surface area contributed by atoms with Gasteiger partial charge in [-0.3, -0.25) is 0 Å². The zero-order valence-electron chi connectivity index (χ0n) is 12.0. The molecule has 1 atom stereocenters. The topological polar surface area (TPSA) is 15.3 Å². The molecule has 0 bridgehead atoms. The Balaban J connectivity index is 1.89. The minimum atomic E-state index is 0.818. The van der Waals surface area contributed by atoms with Crippen LogP contribution in [0.2, 0.25) is 0 Å². The maximum absolute atomic E-state index is 3.54. The summed E-state index contributed by atoms with van der Waals surface area (Å²) in [5.41, 5.74) is 4.19. The predicted octanol–water partition coefficient (Wildman–Crippen LogP) is 3.13.